The molecule has 1 aliphatic carbocycles. The van der Waals surface area contributed by atoms with Gasteiger partial charge < -0.3 is 40.9 Å². The predicted molar refractivity (Wildman–Crippen MR) is 187 cm³/mol. The highest BCUT2D eigenvalue weighted by molar-refractivity contribution is 5.96. The van der Waals surface area contributed by atoms with Crippen LogP contribution in [0.15, 0.2) is 72.8 Å². The third-order valence-corrected chi connectivity index (χ3v) is 10.1. The van der Waals surface area contributed by atoms with E-state index in [1.165, 1.54) is 86.6 Å². The van der Waals surface area contributed by atoms with Gasteiger partial charge in [0.1, 0.15) is 23.1 Å². The zero-order valence-electron chi connectivity index (χ0n) is 28.4. The molecule has 1 saturated carbocycles. The molecule has 0 amide bonds. The van der Waals surface area contributed by atoms with Gasteiger partial charge in [0.05, 0.1) is 0 Å². The van der Waals surface area contributed by atoms with Gasteiger partial charge in [0, 0.05) is 48.3 Å². The summed E-state index contributed by atoms with van der Waals surface area (Å²) in [6.45, 7) is 2.65. The van der Waals surface area contributed by atoms with Crippen molar-refractivity contribution in [3.8, 4) is 46.0 Å². The van der Waals surface area contributed by atoms with Gasteiger partial charge in [-0.25, -0.2) is 0 Å². The molecular formula is C40H40O12. The number of Topliss-reactive ketones (excluding diaryl/α,β-unsaturated/α-hetero) is 4. The van der Waals surface area contributed by atoms with Crippen LogP contribution in [-0.4, -0.2) is 64.0 Å². The number of hydrogen-bond acceptors (Lipinski definition) is 12. The van der Waals surface area contributed by atoms with Gasteiger partial charge >= 0.3 is 0 Å². The predicted octanol–water partition coefficient (Wildman–Crippen LogP) is 5.26. The Labute approximate surface area is 298 Å². The van der Waals surface area contributed by atoms with Crippen molar-refractivity contribution in [1.82, 2.24) is 0 Å². The summed E-state index contributed by atoms with van der Waals surface area (Å²) in [7, 11) is 0. The van der Waals surface area contributed by atoms with E-state index in [4.69, 9.17) is 0 Å². The topological polar surface area (TPSA) is 230 Å². The molecule has 4 aromatic carbocycles. The van der Waals surface area contributed by atoms with E-state index in [-0.39, 0.29) is 48.7 Å². The van der Waals surface area contributed by atoms with E-state index >= 15 is 0 Å². The first-order valence-electron chi connectivity index (χ1n) is 16.7. The lowest BCUT2D eigenvalue weighted by molar-refractivity contribution is -0.141. The van der Waals surface area contributed by atoms with E-state index in [0.717, 1.165) is 0 Å². The molecule has 0 saturated heterocycles. The molecule has 1 fully saturated rings. The number of ketones is 4. The highest BCUT2D eigenvalue weighted by Crippen LogP contribution is 2.60. The molecule has 8 N–H and O–H groups in total. The molecule has 52 heavy (non-hydrogen) atoms. The maximum atomic E-state index is 14.4. The van der Waals surface area contributed by atoms with Gasteiger partial charge in [-0.2, -0.15) is 0 Å². The lowest BCUT2D eigenvalue weighted by Crippen LogP contribution is -2.51. The minimum absolute atomic E-state index is 0.0480. The van der Waals surface area contributed by atoms with Crippen molar-refractivity contribution in [1.29, 1.82) is 0 Å². The molecule has 2 atom stereocenters. The first kappa shape index (κ1) is 37.2. The number of hydrogen-bond donors (Lipinski definition) is 8. The van der Waals surface area contributed by atoms with Crippen LogP contribution >= 0.6 is 0 Å². The maximum Gasteiger partial charge on any atom is 0.157 e. The molecule has 0 radical (unpaired) electrons. The van der Waals surface area contributed by atoms with E-state index in [1.807, 2.05) is 0 Å². The molecule has 1 aliphatic rings. The maximum absolute atomic E-state index is 14.4. The van der Waals surface area contributed by atoms with Gasteiger partial charge in [0.2, 0.25) is 0 Å². The van der Waals surface area contributed by atoms with Crippen LogP contribution in [0.2, 0.25) is 0 Å². The van der Waals surface area contributed by atoms with Crippen LogP contribution < -0.4 is 0 Å². The highest BCUT2D eigenvalue weighted by atomic mass is 16.3. The van der Waals surface area contributed by atoms with Crippen LogP contribution in [0.25, 0.3) is 0 Å². The quantitative estimate of drug-likeness (QED) is 0.0783. The summed E-state index contributed by atoms with van der Waals surface area (Å²) in [6, 6.07) is 16.0. The Hall–Kier alpha value is -6.04. The van der Waals surface area contributed by atoms with Gasteiger partial charge in [-0.3, -0.25) is 19.2 Å². The minimum atomic E-state index is -1.01. The summed E-state index contributed by atoms with van der Waals surface area (Å²) in [6.07, 6.45) is -0.479. The van der Waals surface area contributed by atoms with E-state index in [2.05, 4.69) is 0 Å². The first-order chi connectivity index (χ1) is 24.5. The fourth-order valence-corrected chi connectivity index (χ4v) is 7.31. The van der Waals surface area contributed by atoms with Crippen LogP contribution in [0.4, 0.5) is 0 Å². The Kier molecular flexibility index (Phi) is 10.8. The molecule has 0 aliphatic heterocycles. The monoisotopic (exact) mass is 712 g/mol. The average molecular weight is 713 g/mol. The third kappa shape index (κ3) is 7.80. The van der Waals surface area contributed by atoms with Gasteiger partial charge in [0.15, 0.2) is 46.0 Å². The molecule has 0 bridgehead atoms. The van der Waals surface area contributed by atoms with Crippen molar-refractivity contribution in [3.05, 3.63) is 95.1 Å². The summed E-state index contributed by atoms with van der Waals surface area (Å²) >= 11 is 0. The second-order valence-corrected chi connectivity index (χ2v) is 13.6. The molecule has 272 valence electrons. The second-order valence-electron chi connectivity index (χ2n) is 13.6. The van der Waals surface area contributed by atoms with E-state index in [9.17, 15) is 60.0 Å². The Morgan fingerprint density at radius 2 is 0.769 bits per heavy atom. The van der Waals surface area contributed by atoms with Crippen LogP contribution in [0.5, 0.6) is 46.0 Å². The van der Waals surface area contributed by atoms with Gasteiger partial charge in [-0.1, -0.05) is 24.3 Å². The lowest BCUT2D eigenvalue weighted by atomic mass is 9.49. The second kappa shape index (κ2) is 15.1. The number of phenolic OH excluding ortho intramolecular Hbond substituents is 8. The van der Waals surface area contributed by atoms with Crippen molar-refractivity contribution in [3.63, 3.8) is 0 Å². The summed E-state index contributed by atoms with van der Waals surface area (Å²) in [4.78, 5) is 54.6. The van der Waals surface area contributed by atoms with Crippen molar-refractivity contribution in [2.75, 3.05) is 0 Å². The summed E-state index contributed by atoms with van der Waals surface area (Å²) in [5.41, 5.74) is 1.64. The molecule has 5 rings (SSSR count). The standard InChI is InChI=1S/C40H40O12/c1-19(41)25(11-21-3-7-27(43)31(47)13-21)17-35(51)39-37(23-5-9-29(45)33(49)15-23)40(38(39)24-6-10-30(46)34(50)16-24)36(52)18-26(20(2)42)12-22-4-8-28(44)32(48)14-22/h3-10,13-16,25-26,37-40,43-50H,11-12,17-18H2,1-2H3. The SMILES string of the molecule is CC(=O)C(CC(=O)C1C(c2ccc(O)c(O)c2)C(C(=O)CC(Cc2ccc(O)c(O)c2)C(C)=O)C1c1ccc(O)c(O)c1)Cc1ccc(O)c(O)c1. The average Bonchev–Trinajstić information content (AvgIpc) is 3.06. The Morgan fingerprint density at radius 3 is 1.06 bits per heavy atom. The Bertz CT molecular complexity index is 1880. The first-order valence-corrected chi connectivity index (χ1v) is 16.7. The molecule has 12 nitrogen and oxygen atoms in total. The number of carbonyl (C=O) groups is 4. The van der Waals surface area contributed by atoms with E-state index < -0.39 is 81.6 Å². The van der Waals surface area contributed by atoms with Crippen molar-refractivity contribution in [2.45, 2.75) is 51.4 Å². The zero-order chi connectivity index (χ0) is 38.0. The molecular weight excluding hydrogens is 672 g/mol. The van der Waals surface area contributed by atoms with E-state index in [1.54, 1.807) is 0 Å². The number of phenols is 8. The number of rotatable bonds is 14. The van der Waals surface area contributed by atoms with Gasteiger partial charge in [-0.05, 0) is 97.5 Å². The van der Waals surface area contributed by atoms with Crippen molar-refractivity contribution >= 4 is 23.1 Å². The molecule has 0 aromatic heterocycles. The number of aromatic hydroxyl groups is 8. The molecule has 12 heteroatoms. The van der Waals surface area contributed by atoms with Crippen molar-refractivity contribution in [2.24, 2.45) is 23.7 Å². The molecule has 0 heterocycles. The lowest BCUT2D eigenvalue weighted by Gasteiger charge is -2.51. The molecule has 0 spiro atoms. The van der Waals surface area contributed by atoms with Crippen LogP contribution in [0.3, 0.4) is 0 Å². The third-order valence-electron chi connectivity index (χ3n) is 10.1. The van der Waals surface area contributed by atoms with Crippen molar-refractivity contribution < 1.29 is 60.0 Å². The van der Waals surface area contributed by atoms with Crippen LogP contribution in [-0.2, 0) is 32.0 Å². The van der Waals surface area contributed by atoms with Crippen LogP contribution in [0.1, 0.15) is 60.8 Å². The summed E-state index contributed by atoms with van der Waals surface area (Å²) < 4.78 is 0. The summed E-state index contributed by atoms with van der Waals surface area (Å²) in [5, 5.41) is 80.6. The Morgan fingerprint density at radius 1 is 0.462 bits per heavy atom. The fourth-order valence-electron chi connectivity index (χ4n) is 7.31. The van der Waals surface area contributed by atoms with Gasteiger partial charge in [-0.15, -0.1) is 0 Å². The number of benzene rings is 4. The highest BCUT2D eigenvalue weighted by Gasteiger charge is 2.57. The number of carbonyl (C=O) groups excluding carboxylic acids is 4. The van der Waals surface area contributed by atoms with E-state index in [0.29, 0.717) is 22.3 Å². The van der Waals surface area contributed by atoms with Crippen LogP contribution in [0, 0.1) is 23.7 Å². The Balaban J connectivity index is 1.55. The normalized spacial score (nSPS) is 19.3. The zero-order valence-corrected chi connectivity index (χ0v) is 28.4. The molecule has 4 aromatic rings. The largest absolute Gasteiger partial charge is 0.504 e. The fraction of sp³-hybridized carbons (Fsp3) is 0.300. The minimum Gasteiger partial charge on any atom is -0.504 e. The molecule has 2 unspecified atom stereocenters. The smallest absolute Gasteiger partial charge is 0.157 e. The summed E-state index contributed by atoms with van der Waals surface area (Å²) in [5.74, 6) is -10.4. The van der Waals surface area contributed by atoms with Gasteiger partial charge in [0.25, 0.3) is 0 Å².